The minimum Gasteiger partial charge on any atom is -0.376 e. The molecule has 1 saturated heterocycles. The maximum atomic E-state index is 13.1. The van der Waals surface area contributed by atoms with E-state index in [9.17, 15) is 9.59 Å². The molecule has 0 spiro atoms. The van der Waals surface area contributed by atoms with Crippen molar-refractivity contribution >= 4 is 40.2 Å². The largest absolute Gasteiger partial charge is 0.376 e. The van der Waals surface area contributed by atoms with Crippen molar-refractivity contribution in [2.75, 3.05) is 18.9 Å². The molecular formula is C22H22ClN3O3S. The third kappa shape index (κ3) is 5.03. The Hall–Kier alpha value is -2.35. The molecule has 0 aliphatic carbocycles. The van der Waals surface area contributed by atoms with Gasteiger partial charge in [-0.3, -0.25) is 14.2 Å². The topological polar surface area (TPSA) is 73.2 Å². The molecular weight excluding hydrogens is 422 g/mol. The predicted molar refractivity (Wildman–Crippen MR) is 119 cm³/mol. The number of rotatable bonds is 7. The van der Waals surface area contributed by atoms with Crippen molar-refractivity contribution in [2.45, 2.75) is 30.6 Å². The van der Waals surface area contributed by atoms with Gasteiger partial charge in [0.25, 0.3) is 5.56 Å². The van der Waals surface area contributed by atoms with Gasteiger partial charge in [-0.25, -0.2) is 4.98 Å². The van der Waals surface area contributed by atoms with Crippen LogP contribution in [-0.4, -0.2) is 40.5 Å². The zero-order valence-corrected chi connectivity index (χ0v) is 17.9. The molecule has 2 heterocycles. The third-order valence-electron chi connectivity index (χ3n) is 4.96. The van der Waals surface area contributed by atoms with Gasteiger partial charge in [0.15, 0.2) is 5.16 Å². The first-order valence-electron chi connectivity index (χ1n) is 9.85. The average Bonchev–Trinajstić information content (AvgIpc) is 3.28. The van der Waals surface area contributed by atoms with E-state index in [2.05, 4.69) is 10.3 Å². The normalized spacial score (nSPS) is 16.1. The number of ether oxygens (including phenoxy) is 1. The average molecular weight is 444 g/mol. The van der Waals surface area contributed by atoms with Gasteiger partial charge in [-0.15, -0.1) is 0 Å². The van der Waals surface area contributed by atoms with Gasteiger partial charge in [-0.1, -0.05) is 47.6 Å². The monoisotopic (exact) mass is 443 g/mol. The number of para-hydroxylation sites is 1. The van der Waals surface area contributed by atoms with Gasteiger partial charge in [0, 0.05) is 18.2 Å². The summed E-state index contributed by atoms with van der Waals surface area (Å²) in [6.07, 6.45) is 2.11. The number of nitrogens with one attached hydrogen (secondary N) is 1. The molecule has 1 aliphatic rings. The number of aromatic nitrogens is 2. The van der Waals surface area contributed by atoms with E-state index in [1.807, 2.05) is 30.3 Å². The Balaban J connectivity index is 1.54. The molecule has 1 aliphatic heterocycles. The summed E-state index contributed by atoms with van der Waals surface area (Å²) in [5.41, 5.74) is 1.43. The van der Waals surface area contributed by atoms with Crippen LogP contribution < -0.4 is 10.9 Å². The quantitative estimate of drug-likeness (QED) is 0.447. The van der Waals surface area contributed by atoms with Crippen LogP contribution in [0.3, 0.4) is 0 Å². The van der Waals surface area contributed by atoms with E-state index in [0.29, 0.717) is 34.2 Å². The Morgan fingerprint density at radius 1 is 1.23 bits per heavy atom. The lowest BCUT2D eigenvalue weighted by atomic mass is 10.2. The summed E-state index contributed by atoms with van der Waals surface area (Å²) >= 11 is 7.24. The highest BCUT2D eigenvalue weighted by molar-refractivity contribution is 7.99. The second-order valence-corrected chi connectivity index (χ2v) is 8.54. The van der Waals surface area contributed by atoms with Crippen LogP contribution in [0, 0.1) is 0 Å². The molecule has 3 aromatic rings. The van der Waals surface area contributed by atoms with Gasteiger partial charge in [0.05, 0.1) is 29.3 Å². The zero-order chi connectivity index (χ0) is 20.9. The van der Waals surface area contributed by atoms with E-state index in [0.717, 1.165) is 25.0 Å². The first-order chi connectivity index (χ1) is 14.6. The maximum absolute atomic E-state index is 13.1. The van der Waals surface area contributed by atoms with E-state index >= 15 is 0 Å². The summed E-state index contributed by atoms with van der Waals surface area (Å²) in [6, 6.07) is 14.6. The summed E-state index contributed by atoms with van der Waals surface area (Å²) in [7, 11) is 0. The fourth-order valence-electron chi connectivity index (χ4n) is 3.38. The van der Waals surface area contributed by atoms with E-state index < -0.39 is 0 Å². The molecule has 156 valence electrons. The van der Waals surface area contributed by atoms with Crippen molar-refractivity contribution in [3.8, 4) is 0 Å². The van der Waals surface area contributed by atoms with Crippen LogP contribution in [0.2, 0.25) is 5.02 Å². The number of benzene rings is 2. The van der Waals surface area contributed by atoms with Crippen LogP contribution >= 0.6 is 23.4 Å². The predicted octanol–water partition coefficient (Wildman–Crippen LogP) is 3.49. The molecule has 0 bridgehead atoms. The van der Waals surface area contributed by atoms with Crippen LogP contribution in [0.25, 0.3) is 10.9 Å². The Morgan fingerprint density at radius 2 is 2.03 bits per heavy atom. The Kier molecular flexibility index (Phi) is 6.72. The number of hydrogen-bond acceptors (Lipinski definition) is 5. The summed E-state index contributed by atoms with van der Waals surface area (Å²) in [5, 5.41) is 4.62. The fraction of sp³-hybridized carbons (Fsp3) is 0.318. The summed E-state index contributed by atoms with van der Waals surface area (Å²) < 4.78 is 7.15. The molecule has 6 nitrogen and oxygen atoms in total. The molecule has 2 aromatic carbocycles. The molecule has 0 radical (unpaired) electrons. The molecule has 0 unspecified atom stereocenters. The third-order valence-corrected chi connectivity index (χ3v) is 6.19. The molecule has 1 N–H and O–H groups in total. The molecule has 30 heavy (non-hydrogen) atoms. The van der Waals surface area contributed by atoms with Gasteiger partial charge >= 0.3 is 0 Å². The van der Waals surface area contributed by atoms with Crippen molar-refractivity contribution in [1.82, 2.24) is 14.9 Å². The van der Waals surface area contributed by atoms with Gasteiger partial charge in [0.1, 0.15) is 0 Å². The minimum absolute atomic E-state index is 0.0980. The van der Waals surface area contributed by atoms with Crippen LogP contribution in [0.4, 0.5) is 0 Å². The SMILES string of the molecule is O=C(CSc1nc2ccccc2c(=O)n1Cc1ccc(Cl)cc1)NC[C@H]1CCCO1. The molecule has 8 heteroatoms. The van der Waals surface area contributed by atoms with Crippen LogP contribution in [0.5, 0.6) is 0 Å². The van der Waals surface area contributed by atoms with E-state index in [-0.39, 0.29) is 23.3 Å². The molecule has 1 aromatic heterocycles. The molecule has 1 fully saturated rings. The minimum atomic E-state index is -0.127. The Bertz CT molecular complexity index is 1090. The standard InChI is InChI=1S/C22H22ClN3O3S/c23-16-9-7-15(8-10-16)13-26-21(28)18-5-1-2-6-19(18)25-22(26)30-14-20(27)24-12-17-4-3-11-29-17/h1-2,5-10,17H,3-4,11-14H2,(H,24,27)/t17-/m1/s1. The van der Waals surface area contributed by atoms with Gasteiger partial charge in [0.2, 0.25) is 5.91 Å². The summed E-state index contributed by atoms with van der Waals surface area (Å²) in [5.74, 6) is 0.0777. The van der Waals surface area contributed by atoms with E-state index in [4.69, 9.17) is 16.3 Å². The Labute approximate surface area is 183 Å². The van der Waals surface area contributed by atoms with Crippen LogP contribution in [0.1, 0.15) is 18.4 Å². The number of hydrogen-bond donors (Lipinski definition) is 1. The second kappa shape index (κ2) is 9.64. The van der Waals surface area contributed by atoms with Gasteiger partial charge in [-0.05, 0) is 42.7 Å². The van der Waals surface area contributed by atoms with Crippen LogP contribution in [-0.2, 0) is 16.1 Å². The van der Waals surface area contributed by atoms with Crippen molar-refractivity contribution in [3.05, 3.63) is 69.5 Å². The Morgan fingerprint density at radius 3 is 2.80 bits per heavy atom. The first-order valence-corrected chi connectivity index (χ1v) is 11.2. The van der Waals surface area contributed by atoms with Crippen molar-refractivity contribution in [2.24, 2.45) is 0 Å². The van der Waals surface area contributed by atoms with Crippen LogP contribution in [0.15, 0.2) is 58.5 Å². The molecule has 1 amide bonds. The first kappa shape index (κ1) is 20.9. The number of nitrogens with zero attached hydrogens (tertiary/aromatic N) is 2. The lowest BCUT2D eigenvalue weighted by Crippen LogP contribution is -2.33. The smallest absolute Gasteiger partial charge is 0.262 e. The highest BCUT2D eigenvalue weighted by Crippen LogP contribution is 2.20. The lowest BCUT2D eigenvalue weighted by molar-refractivity contribution is -0.119. The number of thioether (sulfide) groups is 1. The van der Waals surface area contributed by atoms with E-state index in [1.165, 1.54) is 11.8 Å². The number of carbonyl (C=O) groups is 1. The molecule has 1 atom stereocenters. The fourth-order valence-corrected chi connectivity index (χ4v) is 4.34. The number of fused-ring (bicyclic) bond motifs is 1. The van der Waals surface area contributed by atoms with Crippen molar-refractivity contribution < 1.29 is 9.53 Å². The highest BCUT2D eigenvalue weighted by Gasteiger charge is 2.17. The van der Waals surface area contributed by atoms with Gasteiger partial charge < -0.3 is 10.1 Å². The maximum Gasteiger partial charge on any atom is 0.262 e. The van der Waals surface area contributed by atoms with Crippen molar-refractivity contribution in [1.29, 1.82) is 0 Å². The number of amides is 1. The second-order valence-electron chi connectivity index (χ2n) is 7.16. The van der Waals surface area contributed by atoms with E-state index in [1.54, 1.807) is 22.8 Å². The summed E-state index contributed by atoms with van der Waals surface area (Å²) in [4.78, 5) is 30.1. The number of halogens is 1. The van der Waals surface area contributed by atoms with Crippen molar-refractivity contribution in [3.63, 3.8) is 0 Å². The lowest BCUT2D eigenvalue weighted by Gasteiger charge is -2.14. The van der Waals surface area contributed by atoms with Gasteiger partial charge in [-0.2, -0.15) is 0 Å². The number of carbonyl (C=O) groups excluding carboxylic acids is 1. The zero-order valence-electron chi connectivity index (χ0n) is 16.3. The highest BCUT2D eigenvalue weighted by atomic mass is 35.5. The molecule has 0 saturated carbocycles. The molecule has 4 rings (SSSR count). The summed E-state index contributed by atoms with van der Waals surface area (Å²) in [6.45, 7) is 1.63.